The Hall–Kier alpha value is -0.930. The number of hydrogen-bond acceptors (Lipinski definition) is 4. The SMILES string of the molecule is CC(c1nc(C(F)(F)F)cs1)N1C(=O)c2cc(Br)sc2C1(C)C. The van der Waals surface area contributed by atoms with E-state index in [1.54, 1.807) is 17.9 Å². The van der Waals surface area contributed by atoms with E-state index in [0.717, 1.165) is 25.4 Å². The van der Waals surface area contributed by atoms with Crippen LogP contribution in [0.25, 0.3) is 0 Å². The summed E-state index contributed by atoms with van der Waals surface area (Å²) < 4.78 is 39.1. The highest BCUT2D eigenvalue weighted by Crippen LogP contribution is 2.49. The van der Waals surface area contributed by atoms with Gasteiger partial charge in [0.25, 0.3) is 5.91 Å². The molecule has 0 spiro atoms. The number of hydrogen-bond donors (Lipinski definition) is 0. The van der Waals surface area contributed by atoms with E-state index < -0.39 is 23.5 Å². The molecular formula is C14H12BrF3N2OS2. The molecule has 1 amide bonds. The van der Waals surface area contributed by atoms with Crippen molar-refractivity contribution in [1.29, 1.82) is 0 Å². The molecular weight excluding hydrogens is 413 g/mol. The summed E-state index contributed by atoms with van der Waals surface area (Å²) in [5, 5.41) is 1.28. The third-order valence-electron chi connectivity index (χ3n) is 3.87. The van der Waals surface area contributed by atoms with Crippen LogP contribution in [0, 0.1) is 0 Å². The Morgan fingerprint density at radius 1 is 1.39 bits per heavy atom. The minimum absolute atomic E-state index is 0.178. The van der Waals surface area contributed by atoms with Gasteiger partial charge >= 0.3 is 6.18 Å². The van der Waals surface area contributed by atoms with Crippen molar-refractivity contribution < 1.29 is 18.0 Å². The Kier molecular flexibility index (Phi) is 3.89. The van der Waals surface area contributed by atoms with Crippen LogP contribution >= 0.6 is 38.6 Å². The predicted octanol–water partition coefficient (Wildman–Crippen LogP) is 5.44. The summed E-state index contributed by atoms with van der Waals surface area (Å²) in [4.78, 5) is 18.9. The van der Waals surface area contributed by atoms with Gasteiger partial charge in [-0.15, -0.1) is 22.7 Å². The number of halogens is 4. The predicted molar refractivity (Wildman–Crippen MR) is 86.7 cm³/mol. The molecule has 0 fully saturated rings. The van der Waals surface area contributed by atoms with E-state index in [2.05, 4.69) is 20.9 Å². The normalized spacial score (nSPS) is 18.4. The molecule has 0 radical (unpaired) electrons. The van der Waals surface area contributed by atoms with Crippen molar-refractivity contribution >= 4 is 44.5 Å². The van der Waals surface area contributed by atoms with E-state index in [-0.39, 0.29) is 10.9 Å². The van der Waals surface area contributed by atoms with Crippen molar-refractivity contribution in [1.82, 2.24) is 9.88 Å². The smallest absolute Gasteiger partial charge is 0.319 e. The van der Waals surface area contributed by atoms with Gasteiger partial charge in [-0.3, -0.25) is 4.79 Å². The van der Waals surface area contributed by atoms with Gasteiger partial charge in [-0.25, -0.2) is 4.98 Å². The van der Waals surface area contributed by atoms with Crippen LogP contribution < -0.4 is 0 Å². The maximum atomic E-state index is 12.7. The molecule has 3 nitrogen and oxygen atoms in total. The molecule has 1 aliphatic heterocycles. The van der Waals surface area contributed by atoms with Gasteiger partial charge in [0, 0.05) is 10.3 Å². The highest BCUT2D eigenvalue weighted by Gasteiger charge is 2.48. The number of carbonyl (C=O) groups excluding carboxylic acids is 1. The number of fused-ring (bicyclic) bond motifs is 1. The molecule has 1 unspecified atom stereocenters. The van der Waals surface area contributed by atoms with Gasteiger partial charge in [-0.05, 0) is 42.8 Å². The molecule has 3 heterocycles. The van der Waals surface area contributed by atoms with Crippen LogP contribution in [-0.2, 0) is 11.7 Å². The standard InChI is InChI=1S/C14H12BrF3N2OS2/c1-6(11-19-8(5-22-11)14(16,17)18)20-12(21)7-4-9(15)23-10(7)13(20,2)3/h4-6H,1-3H3. The molecule has 0 N–H and O–H groups in total. The number of alkyl halides is 3. The van der Waals surface area contributed by atoms with Crippen LogP contribution in [0.4, 0.5) is 13.2 Å². The maximum Gasteiger partial charge on any atom is 0.434 e. The van der Waals surface area contributed by atoms with Gasteiger partial charge in [0.05, 0.1) is 20.9 Å². The zero-order chi connectivity index (χ0) is 17.2. The fraction of sp³-hybridized carbons (Fsp3) is 0.429. The highest BCUT2D eigenvalue weighted by atomic mass is 79.9. The summed E-state index contributed by atoms with van der Waals surface area (Å²) in [5.41, 5.74) is -0.898. The van der Waals surface area contributed by atoms with Crippen LogP contribution in [-0.4, -0.2) is 15.8 Å². The second kappa shape index (κ2) is 5.29. The largest absolute Gasteiger partial charge is 0.434 e. The van der Waals surface area contributed by atoms with Crippen molar-refractivity contribution in [3.8, 4) is 0 Å². The Labute approximate surface area is 147 Å². The first kappa shape index (κ1) is 16.9. The number of thiazole rings is 1. The van der Waals surface area contributed by atoms with Gasteiger partial charge in [0.15, 0.2) is 5.69 Å². The number of thiophene rings is 1. The number of aromatic nitrogens is 1. The van der Waals surface area contributed by atoms with Gasteiger partial charge in [0.1, 0.15) is 5.01 Å². The Morgan fingerprint density at radius 2 is 2.04 bits per heavy atom. The van der Waals surface area contributed by atoms with Crippen molar-refractivity contribution in [3.05, 3.63) is 36.4 Å². The van der Waals surface area contributed by atoms with Crippen molar-refractivity contribution in [2.75, 3.05) is 0 Å². The van der Waals surface area contributed by atoms with E-state index in [4.69, 9.17) is 0 Å². The van der Waals surface area contributed by atoms with Crippen molar-refractivity contribution in [3.63, 3.8) is 0 Å². The summed E-state index contributed by atoms with van der Waals surface area (Å²) in [5.74, 6) is -0.178. The Morgan fingerprint density at radius 3 is 2.57 bits per heavy atom. The zero-order valence-electron chi connectivity index (χ0n) is 12.4. The molecule has 23 heavy (non-hydrogen) atoms. The van der Waals surface area contributed by atoms with Crippen molar-refractivity contribution in [2.45, 2.75) is 38.5 Å². The third-order valence-corrected chi connectivity index (χ3v) is 6.83. The number of nitrogens with zero attached hydrogens (tertiary/aromatic N) is 2. The molecule has 2 aromatic heterocycles. The van der Waals surface area contributed by atoms with Gasteiger partial charge < -0.3 is 4.90 Å². The van der Waals surface area contributed by atoms with Gasteiger partial charge in [-0.1, -0.05) is 0 Å². The lowest BCUT2D eigenvalue weighted by Crippen LogP contribution is -2.40. The molecule has 0 aromatic carbocycles. The highest BCUT2D eigenvalue weighted by molar-refractivity contribution is 9.11. The molecule has 3 rings (SSSR count). The average Bonchev–Trinajstić information content (AvgIpc) is 3.06. The van der Waals surface area contributed by atoms with Crippen LogP contribution in [0.1, 0.15) is 52.7 Å². The fourth-order valence-electron chi connectivity index (χ4n) is 2.85. The molecule has 0 saturated heterocycles. The van der Waals surface area contributed by atoms with E-state index in [1.165, 1.54) is 11.3 Å². The topological polar surface area (TPSA) is 33.2 Å². The van der Waals surface area contributed by atoms with E-state index in [9.17, 15) is 18.0 Å². The van der Waals surface area contributed by atoms with E-state index in [1.807, 2.05) is 13.8 Å². The monoisotopic (exact) mass is 424 g/mol. The number of rotatable bonds is 2. The average molecular weight is 425 g/mol. The minimum atomic E-state index is -4.47. The van der Waals surface area contributed by atoms with Crippen LogP contribution in [0.15, 0.2) is 15.2 Å². The second-order valence-electron chi connectivity index (χ2n) is 5.77. The fourth-order valence-corrected chi connectivity index (χ4v) is 5.41. The lowest BCUT2D eigenvalue weighted by atomic mass is 10.0. The molecule has 9 heteroatoms. The van der Waals surface area contributed by atoms with Crippen molar-refractivity contribution in [2.24, 2.45) is 0 Å². The summed E-state index contributed by atoms with van der Waals surface area (Å²) in [6.07, 6.45) is -4.47. The van der Waals surface area contributed by atoms with E-state index >= 15 is 0 Å². The molecule has 0 bridgehead atoms. The zero-order valence-corrected chi connectivity index (χ0v) is 15.6. The first-order chi connectivity index (χ1) is 10.5. The summed E-state index contributed by atoms with van der Waals surface area (Å²) >= 11 is 5.77. The molecule has 0 aliphatic carbocycles. The Bertz CT molecular complexity index is 781. The first-order valence-corrected chi connectivity index (χ1v) is 9.18. The lowest BCUT2D eigenvalue weighted by molar-refractivity contribution is -0.140. The third kappa shape index (κ3) is 2.62. The summed E-state index contributed by atoms with van der Waals surface area (Å²) in [6, 6.07) is 1.23. The second-order valence-corrected chi connectivity index (χ2v) is 9.09. The maximum absolute atomic E-state index is 12.7. The molecule has 1 atom stereocenters. The molecule has 124 valence electrons. The lowest BCUT2D eigenvalue weighted by Gasteiger charge is -2.36. The minimum Gasteiger partial charge on any atom is -0.319 e. The Balaban J connectivity index is 1.97. The van der Waals surface area contributed by atoms with Crippen LogP contribution in [0.3, 0.4) is 0 Å². The summed E-state index contributed by atoms with van der Waals surface area (Å²) in [6.45, 7) is 5.51. The van der Waals surface area contributed by atoms with Gasteiger partial charge in [0.2, 0.25) is 0 Å². The molecule has 1 aliphatic rings. The number of amides is 1. The van der Waals surface area contributed by atoms with E-state index in [0.29, 0.717) is 5.56 Å². The van der Waals surface area contributed by atoms with Crippen LogP contribution in [0.5, 0.6) is 0 Å². The quantitative estimate of drug-likeness (QED) is 0.642. The molecule has 2 aromatic rings. The first-order valence-electron chi connectivity index (χ1n) is 6.69. The summed E-state index contributed by atoms with van der Waals surface area (Å²) in [7, 11) is 0. The molecule has 0 saturated carbocycles. The van der Waals surface area contributed by atoms with Gasteiger partial charge in [-0.2, -0.15) is 13.2 Å². The van der Waals surface area contributed by atoms with Crippen LogP contribution in [0.2, 0.25) is 0 Å². The number of carbonyl (C=O) groups is 1.